The Morgan fingerprint density at radius 1 is 0.885 bits per heavy atom. The highest BCUT2D eigenvalue weighted by Gasteiger charge is 2.51. The fourth-order valence-corrected chi connectivity index (χ4v) is 7.54. The van der Waals surface area contributed by atoms with E-state index in [4.69, 9.17) is 0 Å². The number of likely N-dealkylation sites (tertiary alicyclic amines) is 1. The summed E-state index contributed by atoms with van der Waals surface area (Å²) in [6.45, 7) is 8.84. The molecule has 52 heavy (non-hydrogen) atoms. The average molecular weight is 744 g/mol. The van der Waals surface area contributed by atoms with Crippen molar-refractivity contribution in [3.8, 4) is 0 Å². The summed E-state index contributed by atoms with van der Waals surface area (Å²) in [5.41, 5.74) is 0.734. The lowest BCUT2D eigenvalue weighted by molar-refractivity contribution is -0.144. The van der Waals surface area contributed by atoms with Crippen molar-refractivity contribution in [1.29, 1.82) is 0 Å². The SMILES string of the molecule is CC(C)C(NC(=O)c1cnccn1)C(=O)NC(C(=O)N1C[C@@H]2CCC[C@@H]2C1C(=O)NC(SCC(F)F)C(=O)C(=O)N[C@@H](C)c1ccccc1)C(C)C. The summed E-state index contributed by atoms with van der Waals surface area (Å²) in [7, 11) is 0. The van der Waals surface area contributed by atoms with Crippen LogP contribution in [0.2, 0.25) is 0 Å². The third kappa shape index (κ3) is 10.1. The maximum atomic E-state index is 14.3. The Kier molecular flexibility index (Phi) is 14.2. The van der Waals surface area contributed by atoms with E-state index in [-0.39, 0.29) is 30.0 Å². The molecule has 1 aromatic heterocycles. The van der Waals surface area contributed by atoms with Gasteiger partial charge in [-0.15, -0.1) is 11.8 Å². The van der Waals surface area contributed by atoms with Crippen LogP contribution in [0.1, 0.15) is 76.0 Å². The molecule has 13 nitrogen and oxygen atoms in total. The molecule has 4 N–H and O–H groups in total. The Hall–Kier alpha value is -4.47. The molecule has 1 saturated carbocycles. The van der Waals surface area contributed by atoms with Gasteiger partial charge in [0.2, 0.25) is 24.1 Å². The number of alkyl halides is 2. The van der Waals surface area contributed by atoms with Gasteiger partial charge in [-0.25, -0.2) is 13.8 Å². The lowest BCUT2D eigenvalue weighted by Crippen LogP contribution is -2.60. The molecule has 1 aliphatic heterocycles. The molecule has 1 aliphatic carbocycles. The molecule has 282 valence electrons. The van der Waals surface area contributed by atoms with Crippen molar-refractivity contribution in [2.24, 2.45) is 23.7 Å². The summed E-state index contributed by atoms with van der Waals surface area (Å²) in [6.07, 6.45) is 3.39. The number of halogens is 2. The first-order valence-corrected chi connectivity index (χ1v) is 18.5. The van der Waals surface area contributed by atoms with Gasteiger partial charge in [-0.3, -0.25) is 33.8 Å². The van der Waals surface area contributed by atoms with E-state index in [2.05, 4.69) is 31.2 Å². The molecule has 0 radical (unpaired) electrons. The van der Waals surface area contributed by atoms with E-state index in [0.717, 1.165) is 18.4 Å². The standard InChI is InChI=1S/C36H47F2N7O6S/c1-19(2)27(42-31(47)25-16-39-14-15-40-25)32(48)43-28(20(3)4)36(51)45-17-23-12-9-13-24(23)29(45)33(49)44-35(52-18-26(37)38)30(46)34(50)41-21(5)22-10-7-6-8-11-22/h6-8,10-11,14-16,19-21,23-24,26-29,35H,9,12-13,17-18H2,1-5H3,(H,41,50)(H,42,47)(H,43,48)(H,44,49)/t21-,23-,24-,27?,28?,29?,35?/m0/s1. The number of carbonyl (C=O) groups excluding carboxylic acids is 6. The van der Waals surface area contributed by atoms with Gasteiger partial charge >= 0.3 is 0 Å². The summed E-state index contributed by atoms with van der Waals surface area (Å²) < 4.78 is 26.7. The number of carbonyl (C=O) groups is 6. The maximum absolute atomic E-state index is 14.3. The monoisotopic (exact) mass is 743 g/mol. The van der Waals surface area contributed by atoms with Gasteiger partial charge < -0.3 is 26.2 Å². The molecule has 2 heterocycles. The van der Waals surface area contributed by atoms with Gasteiger partial charge in [0.25, 0.3) is 17.6 Å². The number of nitrogens with one attached hydrogen (secondary N) is 4. The van der Waals surface area contributed by atoms with Crippen molar-refractivity contribution in [1.82, 2.24) is 36.1 Å². The molecule has 7 atom stereocenters. The van der Waals surface area contributed by atoms with Crippen LogP contribution < -0.4 is 21.3 Å². The van der Waals surface area contributed by atoms with E-state index in [0.29, 0.717) is 18.2 Å². The number of hydrogen-bond acceptors (Lipinski definition) is 9. The van der Waals surface area contributed by atoms with Gasteiger partial charge in [0.05, 0.1) is 18.0 Å². The average Bonchev–Trinajstić information content (AvgIpc) is 3.72. The van der Waals surface area contributed by atoms with E-state index in [1.165, 1.54) is 23.5 Å². The minimum atomic E-state index is -2.82. The zero-order valence-corrected chi connectivity index (χ0v) is 30.7. The predicted molar refractivity (Wildman–Crippen MR) is 190 cm³/mol. The Bertz CT molecular complexity index is 1590. The van der Waals surface area contributed by atoms with Gasteiger partial charge in [-0.05, 0) is 49.0 Å². The largest absolute Gasteiger partial charge is 0.343 e. The summed E-state index contributed by atoms with van der Waals surface area (Å²) in [6, 6.07) is 5.09. The Morgan fingerprint density at radius 3 is 2.19 bits per heavy atom. The fraction of sp³-hybridized carbons (Fsp3) is 0.556. The van der Waals surface area contributed by atoms with Crippen LogP contribution in [-0.4, -0.2) is 92.4 Å². The number of Topliss-reactive ketones (excluding diaryl/α,β-unsaturated/α-hetero) is 1. The fourth-order valence-electron chi connectivity index (χ4n) is 6.75. The first-order valence-electron chi connectivity index (χ1n) is 17.5. The number of fused-ring (bicyclic) bond motifs is 1. The van der Waals surface area contributed by atoms with E-state index in [1.807, 2.05) is 0 Å². The molecular formula is C36H47F2N7O6S. The molecule has 0 bridgehead atoms. The quantitative estimate of drug-likeness (QED) is 0.149. The van der Waals surface area contributed by atoms with Crippen LogP contribution in [0.3, 0.4) is 0 Å². The van der Waals surface area contributed by atoms with Crippen LogP contribution in [0, 0.1) is 23.7 Å². The lowest BCUT2D eigenvalue weighted by atomic mass is 9.93. The highest BCUT2D eigenvalue weighted by atomic mass is 32.2. The first-order chi connectivity index (χ1) is 24.7. The van der Waals surface area contributed by atoms with E-state index < -0.39 is 83.0 Å². The summed E-state index contributed by atoms with van der Waals surface area (Å²) in [5, 5.41) is 8.92. The minimum Gasteiger partial charge on any atom is -0.343 e. The maximum Gasteiger partial charge on any atom is 0.291 e. The highest BCUT2D eigenvalue weighted by Crippen LogP contribution is 2.43. The first kappa shape index (κ1) is 40.3. The van der Waals surface area contributed by atoms with Gasteiger partial charge in [-0.1, -0.05) is 64.4 Å². The minimum absolute atomic E-state index is 0.0154. The molecular weight excluding hydrogens is 697 g/mol. The molecule has 2 aliphatic rings. The Balaban J connectivity index is 1.52. The van der Waals surface area contributed by atoms with Gasteiger partial charge in [0.15, 0.2) is 0 Å². The number of amides is 5. The van der Waals surface area contributed by atoms with Crippen LogP contribution in [-0.2, 0) is 24.0 Å². The van der Waals surface area contributed by atoms with Gasteiger partial charge in [-0.2, -0.15) is 0 Å². The zero-order valence-electron chi connectivity index (χ0n) is 29.9. The van der Waals surface area contributed by atoms with Crippen molar-refractivity contribution >= 4 is 47.1 Å². The molecule has 0 spiro atoms. The molecule has 16 heteroatoms. The zero-order chi connectivity index (χ0) is 38.1. The second-order valence-corrected chi connectivity index (χ2v) is 15.0. The van der Waals surface area contributed by atoms with Crippen LogP contribution in [0.25, 0.3) is 0 Å². The van der Waals surface area contributed by atoms with Crippen LogP contribution in [0.15, 0.2) is 48.9 Å². The smallest absolute Gasteiger partial charge is 0.291 e. The van der Waals surface area contributed by atoms with Crippen molar-refractivity contribution < 1.29 is 37.5 Å². The van der Waals surface area contributed by atoms with Crippen molar-refractivity contribution in [2.45, 2.75) is 89.8 Å². The summed E-state index contributed by atoms with van der Waals surface area (Å²) >= 11 is 0.444. The van der Waals surface area contributed by atoms with E-state index in [1.54, 1.807) is 65.0 Å². The number of benzene rings is 1. The van der Waals surface area contributed by atoms with E-state index in [9.17, 15) is 37.5 Å². The molecule has 4 rings (SSSR count). The van der Waals surface area contributed by atoms with Crippen molar-refractivity contribution in [2.75, 3.05) is 12.3 Å². The molecule has 2 aromatic rings. The molecule has 2 fully saturated rings. The third-order valence-corrected chi connectivity index (χ3v) is 10.6. The molecule has 5 amide bonds. The van der Waals surface area contributed by atoms with Crippen LogP contribution >= 0.6 is 11.8 Å². The molecule has 1 aromatic carbocycles. The number of nitrogens with zero attached hydrogens (tertiary/aromatic N) is 3. The van der Waals surface area contributed by atoms with Crippen molar-refractivity contribution in [3.05, 3.63) is 60.2 Å². The molecule has 1 saturated heterocycles. The highest BCUT2D eigenvalue weighted by molar-refractivity contribution is 8.00. The topological polar surface area (TPSA) is 180 Å². The van der Waals surface area contributed by atoms with Gasteiger partial charge in [0.1, 0.15) is 29.2 Å². The second-order valence-electron chi connectivity index (χ2n) is 13.9. The second kappa shape index (κ2) is 18.3. The normalized spacial score (nSPS) is 20.5. The summed E-state index contributed by atoms with van der Waals surface area (Å²) in [5.74, 6) is -6.57. The number of hydrogen-bond donors (Lipinski definition) is 4. The van der Waals surface area contributed by atoms with Crippen LogP contribution in [0.4, 0.5) is 8.78 Å². The van der Waals surface area contributed by atoms with Crippen LogP contribution in [0.5, 0.6) is 0 Å². The number of aromatic nitrogens is 2. The predicted octanol–water partition coefficient (Wildman–Crippen LogP) is 2.89. The number of rotatable bonds is 16. The Labute approximate surface area is 306 Å². The third-order valence-electron chi connectivity index (χ3n) is 9.48. The van der Waals surface area contributed by atoms with E-state index >= 15 is 0 Å². The summed E-state index contributed by atoms with van der Waals surface area (Å²) in [4.78, 5) is 90.5. The van der Waals surface area contributed by atoms with Crippen molar-refractivity contribution in [3.63, 3.8) is 0 Å². The lowest BCUT2D eigenvalue weighted by Gasteiger charge is -2.33. The Morgan fingerprint density at radius 2 is 1.58 bits per heavy atom. The number of thioether (sulfide) groups is 1. The number of ketones is 1. The van der Waals surface area contributed by atoms with Gasteiger partial charge in [0, 0.05) is 18.9 Å². The molecule has 4 unspecified atom stereocenters.